The second-order valence-electron chi connectivity index (χ2n) is 2.16. The first-order valence-electron chi connectivity index (χ1n) is 2.69. The molecule has 8 heavy (non-hydrogen) atoms. The maximum atomic E-state index is 12.2. The summed E-state index contributed by atoms with van der Waals surface area (Å²) in [5.74, 6) is -2.54. The van der Waals surface area contributed by atoms with Gasteiger partial charge >= 0.3 is 0 Å². The number of hydrogen-bond donors (Lipinski definition) is 0. The summed E-state index contributed by atoms with van der Waals surface area (Å²) in [4.78, 5) is 0. The zero-order valence-corrected chi connectivity index (χ0v) is 4.58. The Morgan fingerprint density at radius 3 is 2.25 bits per heavy atom. The van der Waals surface area contributed by atoms with Gasteiger partial charge < -0.3 is 0 Å². The van der Waals surface area contributed by atoms with Gasteiger partial charge in [0.05, 0.1) is 0 Å². The van der Waals surface area contributed by atoms with Gasteiger partial charge in [-0.2, -0.15) is 0 Å². The smallest absolute Gasteiger partial charge is 0.202 e. The first-order valence-corrected chi connectivity index (χ1v) is 2.69. The molecule has 0 saturated heterocycles. The summed E-state index contributed by atoms with van der Waals surface area (Å²) >= 11 is 0. The molecule has 0 unspecified atom stereocenters. The minimum atomic E-state index is -2.54. The fraction of sp³-hybridized carbons (Fsp3) is 0.667. The van der Waals surface area contributed by atoms with Crippen molar-refractivity contribution in [1.29, 1.82) is 0 Å². The van der Waals surface area contributed by atoms with Crippen molar-refractivity contribution in [2.45, 2.75) is 25.2 Å². The molecule has 0 aromatic carbocycles. The lowest BCUT2D eigenvalue weighted by Gasteiger charge is -2.06. The van der Waals surface area contributed by atoms with Crippen LogP contribution in [0.1, 0.15) is 19.3 Å². The van der Waals surface area contributed by atoms with E-state index >= 15 is 0 Å². The normalized spacial score (nSPS) is 26.5. The maximum absolute atomic E-state index is 12.2. The monoisotopic (exact) mass is 118 g/mol. The lowest BCUT2D eigenvalue weighted by Crippen LogP contribution is -2.10. The molecule has 1 aliphatic carbocycles. The predicted molar refractivity (Wildman–Crippen MR) is 27.9 cm³/mol. The van der Waals surface area contributed by atoms with Crippen molar-refractivity contribution in [1.82, 2.24) is 0 Å². The van der Waals surface area contributed by atoms with Gasteiger partial charge in [0.25, 0.3) is 5.92 Å². The van der Waals surface area contributed by atoms with E-state index in [9.17, 15) is 8.78 Å². The second kappa shape index (κ2) is 1.54. The van der Waals surface area contributed by atoms with Gasteiger partial charge in [-0.3, -0.25) is 0 Å². The van der Waals surface area contributed by atoms with Crippen LogP contribution >= 0.6 is 0 Å². The number of rotatable bonds is 0. The van der Waals surface area contributed by atoms with Crippen LogP contribution in [0.3, 0.4) is 0 Å². The lowest BCUT2D eigenvalue weighted by atomic mass is 10.2. The van der Waals surface area contributed by atoms with E-state index in [4.69, 9.17) is 0 Å². The molecule has 0 aliphatic heterocycles. The Balaban J connectivity index is 2.68. The highest BCUT2D eigenvalue weighted by Crippen LogP contribution is 2.38. The Hall–Kier alpha value is -0.400. The Bertz CT molecular complexity index is 116. The van der Waals surface area contributed by atoms with E-state index in [0.29, 0.717) is 12.8 Å². The molecule has 0 radical (unpaired) electrons. The zero-order valence-electron chi connectivity index (χ0n) is 4.58. The van der Waals surface area contributed by atoms with Crippen molar-refractivity contribution >= 4 is 0 Å². The molecule has 1 aliphatic rings. The van der Waals surface area contributed by atoms with Gasteiger partial charge in [-0.15, -0.1) is 0 Å². The average Bonchev–Trinajstić information content (AvgIpc) is 1.86. The van der Waals surface area contributed by atoms with Gasteiger partial charge in [0.15, 0.2) is 0 Å². The molecular formula is C6H8F2. The number of halogens is 2. The van der Waals surface area contributed by atoms with Crippen molar-refractivity contribution in [3.05, 3.63) is 12.2 Å². The summed E-state index contributed by atoms with van der Waals surface area (Å²) in [6, 6.07) is 0. The van der Waals surface area contributed by atoms with Crippen molar-refractivity contribution in [2.24, 2.45) is 0 Å². The van der Waals surface area contributed by atoms with Crippen LogP contribution in [0.25, 0.3) is 0 Å². The second-order valence-corrected chi connectivity index (χ2v) is 2.16. The summed E-state index contributed by atoms with van der Waals surface area (Å²) in [6.07, 6.45) is 1.12. The molecule has 0 aromatic heterocycles. The summed E-state index contributed by atoms with van der Waals surface area (Å²) in [5, 5.41) is 0. The Morgan fingerprint density at radius 2 is 2.12 bits per heavy atom. The standard InChI is InChI=1S/C6H8F2/c1-5-3-2-4-6(5,7)8/h1-4H2. The molecule has 0 nitrogen and oxygen atoms in total. The van der Waals surface area contributed by atoms with Crippen LogP contribution in [0.2, 0.25) is 0 Å². The zero-order chi connectivity index (χ0) is 6.20. The van der Waals surface area contributed by atoms with Crippen LogP contribution in [0, 0.1) is 0 Å². The fourth-order valence-corrected chi connectivity index (χ4v) is 0.883. The average molecular weight is 118 g/mol. The minimum absolute atomic E-state index is 0.00579. The molecule has 2 heteroatoms. The van der Waals surface area contributed by atoms with Gasteiger partial charge in [0, 0.05) is 6.42 Å². The Morgan fingerprint density at radius 1 is 1.50 bits per heavy atom. The van der Waals surface area contributed by atoms with E-state index < -0.39 is 5.92 Å². The summed E-state index contributed by atoms with van der Waals surface area (Å²) in [6.45, 7) is 3.26. The van der Waals surface area contributed by atoms with Crippen molar-refractivity contribution < 1.29 is 8.78 Å². The van der Waals surface area contributed by atoms with Crippen LogP contribution in [0.5, 0.6) is 0 Å². The van der Waals surface area contributed by atoms with Gasteiger partial charge in [-0.1, -0.05) is 6.58 Å². The van der Waals surface area contributed by atoms with Crippen LogP contribution in [0.15, 0.2) is 12.2 Å². The van der Waals surface area contributed by atoms with Crippen LogP contribution in [-0.4, -0.2) is 5.92 Å². The van der Waals surface area contributed by atoms with Gasteiger partial charge in [0.2, 0.25) is 0 Å². The molecule has 0 atom stereocenters. The summed E-state index contributed by atoms with van der Waals surface area (Å²) in [5.41, 5.74) is 0.109. The predicted octanol–water partition coefficient (Wildman–Crippen LogP) is 2.36. The minimum Gasteiger partial charge on any atom is -0.202 e. The SMILES string of the molecule is C=C1CCCC1(F)F. The summed E-state index contributed by atoms with van der Waals surface area (Å²) < 4.78 is 24.5. The third kappa shape index (κ3) is 0.746. The van der Waals surface area contributed by atoms with Crippen molar-refractivity contribution in [2.75, 3.05) is 0 Å². The quantitative estimate of drug-likeness (QED) is 0.428. The van der Waals surface area contributed by atoms with Gasteiger partial charge in [-0.05, 0) is 18.4 Å². The molecule has 0 bridgehead atoms. The lowest BCUT2D eigenvalue weighted by molar-refractivity contribution is 0.0495. The van der Waals surface area contributed by atoms with Gasteiger partial charge in [0.1, 0.15) is 0 Å². The van der Waals surface area contributed by atoms with E-state index in [2.05, 4.69) is 6.58 Å². The number of alkyl halides is 2. The third-order valence-corrected chi connectivity index (χ3v) is 1.49. The van der Waals surface area contributed by atoms with E-state index in [1.807, 2.05) is 0 Å². The first-order chi connectivity index (χ1) is 3.63. The Kier molecular flexibility index (Phi) is 1.10. The molecule has 0 aromatic rings. The van der Waals surface area contributed by atoms with Crippen LogP contribution in [0.4, 0.5) is 8.78 Å². The fourth-order valence-electron chi connectivity index (χ4n) is 0.883. The molecular weight excluding hydrogens is 110 g/mol. The highest BCUT2D eigenvalue weighted by atomic mass is 19.3. The van der Waals surface area contributed by atoms with E-state index in [0.717, 1.165) is 0 Å². The first kappa shape index (κ1) is 5.73. The Labute approximate surface area is 47.2 Å². The maximum Gasteiger partial charge on any atom is 0.269 e. The molecule has 0 heterocycles. The highest BCUT2D eigenvalue weighted by molar-refractivity contribution is 5.11. The molecule has 1 fully saturated rings. The van der Waals surface area contributed by atoms with E-state index in [-0.39, 0.29) is 12.0 Å². The number of allylic oxidation sites excluding steroid dienone is 1. The molecule has 0 N–H and O–H groups in total. The molecule has 1 rings (SSSR count). The third-order valence-electron chi connectivity index (χ3n) is 1.49. The number of hydrogen-bond acceptors (Lipinski definition) is 0. The van der Waals surface area contributed by atoms with Crippen molar-refractivity contribution in [3.8, 4) is 0 Å². The van der Waals surface area contributed by atoms with E-state index in [1.165, 1.54) is 0 Å². The molecule has 1 saturated carbocycles. The highest BCUT2D eigenvalue weighted by Gasteiger charge is 2.36. The summed E-state index contributed by atoms with van der Waals surface area (Å²) in [7, 11) is 0. The molecule has 0 spiro atoms. The molecule has 0 amide bonds. The topological polar surface area (TPSA) is 0 Å². The largest absolute Gasteiger partial charge is 0.269 e. The van der Waals surface area contributed by atoms with E-state index in [1.54, 1.807) is 0 Å². The molecule has 46 valence electrons. The van der Waals surface area contributed by atoms with Crippen molar-refractivity contribution in [3.63, 3.8) is 0 Å². The van der Waals surface area contributed by atoms with Crippen LogP contribution in [-0.2, 0) is 0 Å². The van der Waals surface area contributed by atoms with Gasteiger partial charge in [-0.25, -0.2) is 8.78 Å². The van der Waals surface area contributed by atoms with Crippen LogP contribution < -0.4 is 0 Å².